The largest absolute Gasteiger partial charge is 0.398 e. The highest BCUT2D eigenvalue weighted by Crippen LogP contribution is 1.80. The molecule has 0 saturated carbocycles. The molecule has 0 radical (unpaired) electrons. The lowest BCUT2D eigenvalue weighted by atomic mass is 10.9. The molecule has 3 heteroatoms. The van der Waals surface area contributed by atoms with Crippen LogP contribution in [0.5, 0.6) is 0 Å². The number of hydrogen-bond donors (Lipinski definition) is 2. The summed E-state index contributed by atoms with van der Waals surface area (Å²) in [5.41, 5.74) is 0. The standard InChI is InChI=1S/2C2H5O.Al.H/c2*1-2-3;;/h2*3H,1-2H2;;. The molecule has 0 unspecified atom stereocenters. The lowest BCUT2D eigenvalue weighted by Gasteiger charge is -1.86. The minimum atomic E-state index is -0.0887. The van der Waals surface area contributed by atoms with Crippen molar-refractivity contribution in [1.29, 1.82) is 0 Å². The Labute approximate surface area is 49.9 Å². The van der Waals surface area contributed by atoms with Gasteiger partial charge < -0.3 is 10.2 Å². The number of aliphatic hydroxyl groups excluding tert-OH is 2. The Hall–Kier alpha value is 0.452. The van der Waals surface area contributed by atoms with Crippen molar-refractivity contribution < 1.29 is 10.2 Å². The lowest BCUT2D eigenvalue weighted by Crippen LogP contribution is -1.94. The molecular weight excluding hydrogens is 107 g/mol. The molecule has 0 rings (SSSR count). The van der Waals surface area contributed by atoms with Crippen LogP contribution in [0.3, 0.4) is 0 Å². The van der Waals surface area contributed by atoms with E-state index in [9.17, 15) is 0 Å². The van der Waals surface area contributed by atoms with Crippen LogP contribution in [-0.2, 0) is 0 Å². The lowest BCUT2D eigenvalue weighted by molar-refractivity contribution is 0.311. The third kappa shape index (κ3) is 6.45. The summed E-state index contributed by atoms with van der Waals surface area (Å²) in [6, 6.07) is 0. The van der Waals surface area contributed by atoms with E-state index >= 15 is 0 Å². The van der Waals surface area contributed by atoms with Crippen molar-refractivity contribution in [2.24, 2.45) is 0 Å². The van der Waals surface area contributed by atoms with E-state index < -0.39 is 0 Å². The van der Waals surface area contributed by atoms with Crippen LogP contribution in [0.15, 0.2) is 0 Å². The van der Waals surface area contributed by atoms with Crippen molar-refractivity contribution in [3.05, 3.63) is 0 Å². The molecule has 0 saturated heterocycles. The summed E-state index contributed by atoms with van der Waals surface area (Å²) in [6.45, 7) is 0.623. The summed E-state index contributed by atoms with van der Waals surface area (Å²) < 4.78 is 0. The van der Waals surface area contributed by atoms with E-state index in [-0.39, 0.29) is 15.2 Å². The van der Waals surface area contributed by atoms with E-state index in [2.05, 4.69) is 0 Å². The summed E-state index contributed by atoms with van der Waals surface area (Å²) in [7, 11) is 0. The molecule has 2 nitrogen and oxygen atoms in total. The van der Waals surface area contributed by atoms with E-state index in [0.717, 1.165) is 10.6 Å². The third-order valence-electron chi connectivity index (χ3n) is 0.816. The molecule has 0 fully saturated rings. The van der Waals surface area contributed by atoms with Gasteiger partial charge in [-0.05, 0) is 0 Å². The van der Waals surface area contributed by atoms with Crippen molar-refractivity contribution >= 4 is 15.2 Å². The predicted octanol–water partition coefficient (Wildman–Crippen LogP) is -0.756. The average molecular weight is 118 g/mol. The SMILES string of the molecule is OC[CH2][AlH][CH2]CO. The number of rotatable bonds is 4. The average Bonchev–Trinajstić information content (AvgIpc) is 1.69. The Morgan fingerprint density at radius 1 is 1.00 bits per heavy atom. The monoisotopic (exact) mass is 118 g/mol. The van der Waals surface area contributed by atoms with Gasteiger partial charge in [-0.1, -0.05) is 10.6 Å². The van der Waals surface area contributed by atoms with Crippen LogP contribution in [-0.4, -0.2) is 38.6 Å². The Bertz CT molecular complexity index is 28.9. The summed E-state index contributed by atoms with van der Waals surface area (Å²) >= 11 is -0.0887. The summed E-state index contributed by atoms with van der Waals surface area (Å²) in [6.07, 6.45) is 0. The van der Waals surface area contributed by atoms with Gasteiger partial charge in [0.1, 0.15) is 0 Å². The minimum absolute atomic E-state index is 0.0887. The van der Waals surface area contributed by atoms with Crippen molar-refractivity contribution in [3.8, 4) is 0 Å². The molecule has 0 aromatic heterocycles. The van der Waals surface area contributed by atoms with Gasteiger partial charge in [-0.15, -0.1) is 0 Å². The Morgan fingerprint density at radius 3 is 1.71 bits per heavy atom. The van der Waals surface area contributed by atoms with Gasteiger partial charge in [-0.3, -0.25) is 0 Å². The normalized spacial score (nSPS) is 8.86. The first-order chi connectivity index (χ1) is 3.41. The fourth-order valence-corrected chi connectivity index (χ4v) is 1.20. The zero-order chi connectivity index (χ0) is 5.54. The molecule has 7 heavy (non-hydrogen) atoms. The van der Waals surface area contributed by atoms with E-state index in [1.54, 1.807) is 0 Å². The maximum atomic E-state index is 8.25. The van der Waals surface area contributed by atoms with Gasteiger partial charge in [0.15, 0.2) is 0 Å². The first kappa shape index (κ1) is 7.45. The molecular formula is C4H11AlO2. The van der Waals surface area contributed by atoms with Gasteiger partial charge in [-0.2, -0.15) is 0 Å². The summed E-state index contributed by atoms with van der Waals surface area (Å²) in [4.78, 5) is 0. The Balaban J connectivity index is 2.45. The van der Waals surface area contributed by atoms with Crippen LogP contribution in [0.25, 0.3) is 0 Å². The van der Waals surface area contributed by atoms with Crippen molar-refractivity contribution in [2.45, 2.75) is 10.6 Å². The smallest absolute Gasteiger partial charge is 0.244 e. The predicted molar refractivity (Wildman–Crippen MR) is 30.9 cm³/mol. The highest BCUT2D eigenvalue weighted by molar-refractivity contribution is 6.35. The van der Waals surface area contributed by atoms with E-state index in [4.69, 9.17) is 10.2 Å². The van der Waals surface area contributed by atoms with Gasteiger partial charge in [0.25, 0.3) is 0 Å². The summed E-state index contributed by atoms with van der Waals surface area (Å²) in [5, 5.41) is 18.4. The maximum Gasteiger partial charge on any atom is 0.244 e. The second-order valence-corrected chi connectivity index (χ2v) is 3.63. The van der Waals surface area contributed by atoms with Crippen molar-refractivity contribution in [2.75, 3.05) is 13.2 Å². The highest BCUT2D eigenvalue weighted by Gasteiger charge is 1.87. The summed E-state index contributed by atoms with van der Waals surface area (Å²) in [5.74, 6) is 0. The van der Waals surface area contributed by atoms with E-state index in [1.165, 1.54) is 0 Å². The molecule has 0 bridgehead atoms. The molecule has 0 heterocycles. The fraction of sp³-hybridized carbons (Fsp3) is 1.00. The van der Waals surface area contributed by atoms with Crippen LogP contribution in [0, 0.1) is 0 Å². The third-order valence-corrected chi connectivity index (χ3v) is 2.45. The first-order valence-corrected chi connectivity index (χ1v) is 4.63. The van der Waals surface area contributed by atoms with Crippen LogP contribution >= 0.6 is 0 Å². The van der Waals surface area contributed by atoms with Crippen LogP contribution in [0.4, 0.5) is 0 Å². The molecule has 42 valence electrons. The molecule has 0 amide bonds. The molecule has 0 aliphatic heterocycles. The maximum absolute atomic E-state index is 8.25. The Morgan fingerprint density at radius 2 is 1.43 bits per heavy atom. The van der Waals surface area contributed by atoms with Gasteiger partial charge in [-0.25, -0.2) is 0 Å². The van der Waals surface area contributed by atoms with Gasteiger partial charge in [0.2, 0.25) is 15.2 Å². The van der Waals surface area contributed by atoms with Crippen LogP contribution < -0.4 is 0 Å². The topological polar surface area (TPSA) is 40.5 Å². The number of aliphatic hydroxyl groups is 2. The molecule has 2 N–H and O–H groups in total. The molecule has 0 aliphatic carbocycles. The van der Waals surface area contributed by atoms with E-state index in [1.807, 2.05) is 0 Å². The number of hydrogen-bond acceptors (Lipinski definition) is 2. The molecule has 0 aromatic carbocycles. The van der Waals surface area contributed by atoms with Crippen molar-refractivity contribution in [1.82, 2.24) is 0 Å². The second-order valence-electron chi connectivity index (χ2n) is 1.51. The minimum Gasteiger partial charge on any atom is -0.398 e. The van der Waals surface area contributed by atoms with Gasteiger partial charge in [0.05, 0.1) is 0 Å². The van der Waals surface area contributed by atoms with E-state index in [0.29, 0.717) is 13.2 Å². The molecule has 0 aromatic rings. The molecule has 0 spiro atoms. The van der Waals surface area contributed by atoms with Crippen LogP contribution in [0.1, 0.15) is 0 Å². The van der Waals surface area contributed by atoms with Gasteiger partial charge >= 0.3 is 0 Å². The van der Waals surface area contributed by atoms with Crippen molar-refractivity contribution in [3.63, 3.8) is 0 Å². The van der Waals surface area contributed by atoms with Gasteiger partial charge in [0, 0.05) is 13.2 Å². The molecule has 0 aliphatic rings. The quantitative estimate of drug-likeness (QED) is 0.376. The first-order valence-electron chi connectivity index (χ1n) is 2.63. The zero-order valence-electron chi connectivity index (χ0n) is 4.43. The fourth-order valence-electron chi connectivity index (χ4n) is 0.400. The highest BCUT2D eigenvalue weighted by atomic mass is 27.1. The Kier molecular flexibility index (Phi) is 6.87. The molecule has 0 atom stereocenters. The van der Waals surface area contributed by atoms with Crippen LogP contribution in [0.2, 0.25) is 10.6 Å². The second kappa shape index (κ2) is 6.45. The zero-order valence-corrected chi connectivity index (χ0v) is 5.84.